The number of nitrogens with one attached hydrogen (secondary N) is 1. The molecule has 0 aromatic heterocycles. The molecule has 1 aromatic carbocycles. The summed E-state index contributed by atoms with van der Waals surface area (Å²) in [5.41, 5.74) is 5.22. The molecule has 13 heavy (non-hydrogen) atoms. The fraction of sp³-hybridized carbons (Fsp3) is 0.143. The smallest absolute Gasteiger partial charge is 0.419 e. The van der Waals surface area contributed by atoms with Gasteiger partial charge in [0.25, 0.3) is 0 Å². The molecule has 0 saturated heterocycles. The predicted molar refractivity (Wildman–Crippen MR) is 35.4 cm³/mol. The van der Waals surface area contributed by atoms with Crippen LogP contribution in [0, 0.1) is 5.82 Å². The fourth-order valence-corrected chi connectivity index (χ4v) is 0.745. The van der Waals surface area contributed by atoms with Crippen molar-refractivity contribution in [1.82, 2.24) is 0 Å². The SMILES string of the molecule is [NH-]c1ccc(C(F)(F)F)c(F)c1.[Y]. The Bertz CT molecular complexity index is 297. The summed E-state index contributed by atoms with van der Waals surface area (Å²) in [4.78, 5) is 0. The van der Waals surface area contributed by atoms with E-state index in [4.69, 9.17) is 5.73 Å². The third-order valence-corrected chi connectivity index (χ3v) is 1.27. The van der Waals surface area contributed by atoms with Crippen LogP contribution in [0.4, 0.5) is 23.2 Å². The molecule has 0 aliphatic heterocycles. The van der Waals surface area contributed by atoms with Gasteiger partial charge in [-0.2, -0.15) is 13.2 Å². The van der Waals surface area contributed by atoms with Crippen LogP contribution in [0.1, 0.15) is 5.56 Å². The molecule has 0 fully saturated rings. The molecule has 1 radical (unpaired) electrons. The normalized spacial score (nSPS) is 10.8. The Labute approximate surface area is 97.2 Å². The first-order chi connectivity index (χ1) is 5.41. The Hall–Kier alpha value is -0.156. The molecular weight excluding hydrogens is 263 g/mol. The molecule has 1 nitrogen and oxygen atoms in total. The van der Waals surface area contributed by atoms with Crippen LogP contribution < -0.4 is 0 Å². The van der Waals surface area contributed by atoms with Crippen molar-refractivity contribution in [3.05, 3.63) is 35.3 Å². The van der Waals surface area contributed by atoms with E-state index < -0.39 is 17.6 Å². The Morgan fingerprint density at radius 2 is 1.69 bits per heavy atom. The summed E-state index contributed by atoms with van der Waals surface area (Å²) >= 11 is 0. The van der Waals surface area contributed by atoms with Gasteiger partial charge in [-0.3, -0.25) is 0 Å². The molecule has 1 rings (SSSR count). The molecule has 6 heteroatoms. The summed E-state index contributed by atoms with van der Waals surface area (Å²) in [5.74, 6) is -1.41. The van der Waals surface area contributed by atoms with Crippen molar-refractivity contribution in [2.24, 2.45) is 0 Å². The number of hydrogen-bond acceptors (Lipinski definition) is 0. The quantitative estimate of drug-likeness (QED) is 0.642. The van der Waals surface area contributed by atoms with Gasteiger partial charge in [-0.05, 0) is 12.1 Å². The van der Waals surface area contributed by atoms with Crippen LogP contribution in [0.3, 0.4) is 0 Å². The van der Waals surface area contributed by atoms with E-state index in [1.54, 1.807) is 0 Å². The van der Waals surface area contributed by atoms with Gasteiger partial charge in [-0.25, -0.2) is 4.39 Å². The van der Waals surface area contributed by atoms with Crippen molar-refractivity contribution in [2.75, 3.05) is 0 Å². The van der Waals surface area contributed by atoms with Crippen LogP contribution in [0.25, 0.3) is 5.73 Å². The first-order valence-corrected chi connectivity index (χ1v) is 2.99. The number of hydrogen-bond donors (Lipinski definition) is 0. The molecular formula is C7H4F4NY-. The average molecular weight is 267 g/mol. The van der Waals surface area contributed by atoms with Crippen molar-refractivity contribution >= 4 is 5.69 Å². The van der Waals surface area contributed by atoms with E-state index in [9.17, 15) is 17.6 Å². The van der Waals surface area contributed by atoms with Gasteiger partial charge in [0.05, 0.1) is 5.56 Å². The molecule has 0 unspecified atom stereocenters. The largest absolute Gasteiger partial charge is 0.699 e. The molecule has 0 saturated carbocycles. The van der Waals surface area contributed by atoms with E-state index >= 15 is 0 Å². The van der Waals surface area contributed by atoms with Crippen LogP contribution >= 0.6 is 0 Å². The van der Waals surface area contributed by atoms with Crippen LogP contribution in [0.5, 0.6) is 0 Å². The third-order valence-electron chi connectivity index (χ3n) is 1.27. The maximum atomic E-state index is 12.5. The molecule has 0 heterocycles. The summed E-state index contributed by atoms with van der Waals surface area (Å²) in [5, 5.41) is 0. The van der Waals surface area contributed by atoms with E-state index in [1.165, 1.54) is 0 Å². The summed E-state index contributed by atoms with van der Waals surface area (Å²) in [6.07, 6.45) is -4.68. The van der Waals surface area contributed by atoms with Crippen molar-refractivity contribution in [3.8, 4) is 0 Å². The zero-order valence-corrected chi connectivity index (χ0v) is 9.16. The predicted octanol–water partition coefficient (Wildman–Crippen LogP) is 3.53. The molecule has 0 spiro atoms. The molecule has 0 aliphatic rings. The van der Waals surface area contributed by atoms with Crippen molar-refractivity contribution in [1.29, 1.82) is 0 Å². The summed E-state index contributed by atoms with van der Waals surface area (Å²) in [6.45, 7) is 0. The molecule has 0 atom stereocenters. The maximum absolute atomic E-state index is 12.5. The minimum atomic E-state index is -4.68. The second kappa shape index (κ2) is 4.37. The Kier molecular flexibility index (Phi) is 4.32. The van der Waals surface area contributed by atoms with Crippen LogP contribution in [-0.2, 0) is 38.9 Å². The Morgan fingerprint density at radius 1 is 1.15 bits per heavy atom. The van der Waals surface area contributed by atoms with E-state index in [1.807, 2.05) is 0 Å². The summed E-state index contributed by atoms with van der Waals surface area (Å²) in [7, 11) is 0. The Balaban J connectivity index is 0.00000144. The van der Waals surface area contributed by atoms with E-state index in [2.05, 4.69) is 0 Å². The Morgan fingerprint density at radius 3 is 2.08 bits per heavy atom. The zero-order chi connectivity index (χ0) is 9.35. The standard InChI is InChI=1S/C7H4F4N.Y/c8-6-3-4(12)1-2-5(6)7(9,10)11;/h1-3,12H;/q-1;. The van der Waals surface area contributed by atoms with Crippen molar-refractivity contribution in [3.63, 3.8) is 0 Å². The van der Waals surface area contributed by atoms with Gasteiger partial charge in [0.2, 0.25) is 0 Å². The second-order valence-electron chi connectivity index (χ2n) is 2.19. The monoisotopic (exact) mass is 267 g/mol. The minimum Gasteiger partial charge on any atom is -0.699 e. The van der Waals surface area contributed by atoms with Gasteiger partial charge in [0, 0.05) is 32.7 Å². The zero-order valence-electron chi connectivity index (χ0n) is 6.32. The second-order valence-corrected chi connectivity index (χ2v) is 2.19. The van der Waals surface area contributed by atoms with Gasteiger partial charge in [-0.1, -0.05) is 6.07 Å². The van der Waals surface area contributed by atoms with Gasteiger partial charge in [-0.15, -0.1) is 5.69 Å². The van der Waals surface area contributed by atoms with E-state index in [0.29, 0.717) is 12.1 Å². The van der Waals surface area contributed by atoms with Crippen molar-refractivity contribution < 1.29 is 50.3 Å². The van der Waals surface area contributed by atoms with Gasteiger partial charge < -0.3 is 5.73 Å². The van der Waals surface area contributed by atoms with E-state index in [0.717, 1.165) is 6.07 Å². The number of benzene rings is 1. The summed E-state index contributed by atoms with van der Waals surface area (Å²) < 4.78 is 48.1. The first-order valence-electron chi connectivity index (χ1n) is 2.99. The topological polar surface area (TPSA) is 23.8 Å². The maximum Gasteiger partial charge on any atom is 0.419 e. The molecule has 1 aromatic rings. The molecule has 69 valence electrons. The van der Waals surface area contributed by atoms with E-state index in [-0.39, 0.29) is 38.4 Å². The molecule has 1 N–H and O–H groups in total. The van der Waals surface area contributed by atoms with Crippen LogP contribution in [-0.4, -0.2) is 0 Å². The van der Waals surface area contributed by atoms with Gasteiger partial charge in [0.15, 0.2) is 0 Å². The van der Waals surface area contributed by atoms with Crippen LogP contribution in [0.2, 0.25) is 0 Å². The molecule has 0 amide bonds. The van der Waals surface area contributed by atoms with Crippen LogP contribution in [0.15, 0.2) is 18.2 Å². The molecule has 0 aliphatic carbocycles. The third kappa shape index (κ3) is 3.23. The first kappa shape index (κ1) is 12.8. The number of alkyl halides is 3. The van der Waals surface area contributed by atoms with Gasteiger partial charge >= 0.3 is 6.18 Å². The molecule has 0 bridgehead atoms. The number of rotatable bonds is 0. The van der Waals surface area contributed by atoms with Crippen molar-refractivity contribution in [2.45, 2.75) is 6.18 Å². The average Bonchev–Trinajstić information content (AvgIpc) is 1.83. The fourth-order valence-electron chi connectivity index (χ4n) is 0.745. The number of halogens is 4. The minimum absolute atomic E-state index is 0. The summed E-state index contributed by atoms with van der Waals surface area (Å²) in [6, 6.07) is 1.98. The van der Waals surface area contributed by atoms with Gasteiger partial charge in [0.1, 0.15) is 5.82 Å².